The van der Waals surface area contributed by atoms with Crippen LogP contribution in [0.4, 0.5) is 5.13 Å². The molecule has 0 radical (unpaired) electrons. The van der Waals surface area contributed by atoms with Crippen LogP contribution in [0.2, 0.25) is 0 Å². The Morgan fingerprint density at radius 2 is 1.93 bits per heavy atom. The zero-order valence-corrected chi connectivity index (χ0v) is 17.7. The molecular formula is C23H21N3OS2. The average Bonchev–Trinajstić information content (AvgIpc) is 3.20. The Morgan fingerprint density at radius 3 is 2.69 bits per heavy atom. The summed E-state index contributed by atoms with van der Waals surface area (Å²) in [5.41, 5.74) is 3.19. The monoisotopic (exact) mass is 419 g/mol. The number of thioether (sulfide) groups is 1. The molecule has 4 aromatic rings. The van der Waals surface area contributed by atoms with Gasteiger partial charge in [0.15, 0.2) is 5.13 Å². The predicted molar refractivity (Wildman–Crippen MR) is 122 cm³/mol. The molecule has 0 saturated heterocycles. The van der Waals surface area contributed by atoms with Gasteiger partial charge in [0.25, 0.3) is 0 Å². The number of hydrogen-bond donors (Lipinski definition) is 0. The van der Waals surface area contributed by atoms with E-state index in [0.29, 0.717) is 12.3 Å². The first-order chi connectivity index (χ1) is 14.2. The van der Waals surface area contributed by atoms with E-state index in [0.717, 1.165) is 32.2 Å². The third kappa shape index (κ3) is 4.83. The van der Waals surface area contributed by atoms with E-state index in [1.807, 2.05) is 48.5 Å². The molecule has 0 aliphatic rings. The molecule has 1 amide bonds. The lowest BCUT2D eigenvalue weighted by molar-refractivity contribution is -0.116. The molecule has 0 unspecified atom stereocenters. The largest absolute Gasteiger partial charge is 0.283 e. The van der Waals surface area contributed by atoms with Crippen molar-refractivity contribution in [3.05, 3.63) is 84.2 Å². The number of carbonyl (C=O) groups excluding carboxylic acids is 1. The molecule has 2 aromatic carbocycles. The van der Waals surface area contributed by atoms with E-state index >= 15 is 0 Å². The molecule has 0 N–H and O–H groups in total. The lowest BCUT2D eigenvalue weighted by Gasteiger charge is -2.19. The zero-order valence-electron chi connectivity index (χ0n) is 16.1. The number of pyridine rings is 1. The highest BCUT2D eigenvalue weighted by atomic mass is 32.2. The van der Waals surface area contributed by atoms with E-state index in [1.54, 1.807) is 40.4 Å². The Kier molecular flexibility index (Phi) is 6.22. The van der Waals surface area contributed by atoms with Gasteiger partial charge in [0.05, 0.1) is 22.5 Å². The number of thiazole rings is 1. The lowest BCUT2D eigenvalue weighted by Crippen LogP contribution is -2.31. The van der Waals surface area contributed by atoms with Crippen molar-refractivity contribution in [1.29, 1.82) is 0 Å². The molecule has 146 valence electrons. The summed E-state index contributed by atoms with van der Waals surface area (Å²) < 4.78 is 1.11. The van der Waals surface area contributed by atoms with Crippen molar-refractivity contribution >= 4 is 44.4 Å². The third-order valence-corrected chi connectivity index (χ3v) is 6.59. The number of aromatic nitrogens is 2. The van der Waals surface area contributed by atoms with Crippen molar-refractivity contribution < 1.29 is 4.79 Å². The topological polar surface area (TPSA) is 46.1 Å². The summed E-state index contributed by atoms with van der Waals surface area (Å²) in [5, 5.41) is 0.732. The Morgan fingerprint density at radius 1 is 1.07 bits per heavy atom. The quantitative estimate of drug-likeness (QED) is 0.367. The minimum Gasteiger partial charge on any atom is -0.283 e. The lowest BCUT2D eigenvalue weighted by atomic mass is 10.2. The number of aryl methyl sites for hydroxylation is 1. The molecule has 0 saturated carbocycles. The number of fused-ring (bicyclic) bond motifs is 1. The third-order valence-electron chi connectivity index (χ3n) is 4.55. The highest BCUT2D eigenvalue weighted by Crippen LogP contribution is 2.31. The van der Waals surface area contributed by atoms with Crippen molar-refractivity contribution in [2.24, 2.45) is 0 Å². The number of nitrogens with zero attached hydrogens (tertiary/aromatic N) is 3. The van der Waals surface area contributed by atoms with Crippen LogP contribution in [0.3, 0.4) is 0 Å². The maximum atomic E-state index is 13.2. The molecule has 0 bridgehead atoms. The smallest absolute Gasteiger partial charge is 0.239 e. The second-order valence-corrected chi connectivity index (χ2v) is 8.65. The number of hydrogen-bond acceptors (Lipinski definition) is 5. The van der Waals surface area contributed by atoms with E-state index in [2.05, 4.69) is 24.0 Å². The first kappa shape index (κ1) is 19.6. The van der Waals surface area contributed by atoms with Gasteiger partial charge >= 0.3 is 0 Å². The molecule has 0 fully saturated rings. The highest BCUT2D eigenvalue weighted by molar-refractivity contribution is 8.00. The fraction of sp³-hybridized carbons (Fsp3) is 0.174. The second kappa shape index (κ2) is 9.20. The summed E-state index contributed by atoms with van der Waals surface area (Å²) in [4.78, 5) is 25.0. The van der Waals surface area contributed by atoms with Gasteiger partial charge in [-0.15, -0.1) is 11.8 Å². The van der Waals surface area contributed by atoms with Crippen molar-refractivity contribution in [3.8, 4) is 0 Å². The van der Waals surface area contributed by atoms with Crippen LogP contribution in [-0.2, 0) is 17.8 Å². The van der Waals surface area contributed by atoms with Gasteiger partial charge in [-0.05, 0) is 47.9 Å². The maximum Gasteiger partial charge on any atom is 0.239 e. The molecule has 0 aliphatic heterocycles. The van der Waals surface area contributed by atoms with Crippen molar-refractivity contribution in [3.63, 3.8) is 0 Å². The highest BCUT2D eigenvalue weighted by Gasteiger charge is 2.20. The summed E-state index contributed by atoms with van der Waals surface area (Å²) >= 11 is 3.11. The van der Waals surface area contributed by atoms with Crippen LogP contribution < -0.4 is 4.90 Å². The maximum absolute atomic E-state index is 13.2. The number of rotatable bonds is 7. The minimum atomic E-state index is 0.0393. The summed E-state index contributed by atoms with van der Waals surface area (Å²) in [6.45, 7) is 2.60. The molecule has 29 heavy (non-hydrogen) atoms. The molecule has 0 aliphatic carbocycles. The van der Waals surface area contributed by atoms with Gasteiger partial charge in [-0.25, -0.2) is 4.98 Å². The van der Waals surface area contributed by atoms with Crippen LogP contribution >= 0.6 is 23.1 Å². The van der Waals surface area contributed by atoms with Crippen LogP contribution in [-0.4, -0.2) is 21.6 Å². The first-order valence-corrected chi connectivity index (χ1v) is 11.3. The van der Waals surface area contributed by atoms with Gasteiger partial charge in [-0.1, -0.05) is 48.6 Å². The van der Waals surface area contributed by atoms with Gasteiger partial charge < -0.3 is 0 Å². The Balaban J connectivity index is 1.61. The van der Waals surface area contributed by atoms with Crippen molar-refractivity contribution in [1.82, 2.24) is 9.97 Å². The molecule has 2 heterocycles. The SMILES string of the molecule is CCc1ccc2nc(N(Cc3cccnc3)C(=O)CSc3ccccc3)sc2c1. The normalized spacial score (nSPS) is 10.9. The number of anilines is 1. The molecule has 0 atom stereocenters. The van der Waals surface area contributed by atoms with Gasteiger partial charge in [-0.2, -0.15) is 0 Å². The number of benzene rings is 2. The van der Waals surface area contributed by atoms with Crippen LogP contribution in [0.1, 0.15) is 18.1 Å². The van der Waals surface area contributed by atoms with Gasteiger partial charge in [0.1, 0.15) is 0 Å². The fourth-order valence-corrected chi connectivity index (χ4v) is 4.81. The van der Waals surface area contributed by atoms with Crippen molar-refractivity contribution in [2.75, 3.05) is 10.7 Å². The summed E-state index contributed by atoms with van der Waals surface area (Å²) in [5.74, 6) is 0.401. The summed E-state index contributed by atoms with van der Waals surface area (Å²) in [6.07, 6.45) is 4.52. The first-order valence-electron chi connectivity index (χ1n) is 9.49. The van der Waals surface area contributed by atoms with Crippen LogP contribution in [0.15, 0.2) is 78.0 Å². The molecule has 6 heteroatoms. The molecule has 0 spiro atoms. The Hall–Kier alpha value is -2.70. The molecular weight excluding hydrogens is 398 g/mol. The van der Waals surface area contributed by atoms with Gasteiger partial charge in [0.2, 0.25) is 5.91 Å². The predicted octanol–water partition coefficient (Wildman–Crippen LogP) is 5.58. The Labute approximate surface area is 178 Å². The van der Waals surface area contributed by atoms with E-state index < -0.39 is 0 Å². The molecule has 4 rings (SSSR count). The average molecular weight is 420 g/mol. The summed E-state index contributed by atoms with van der Waals surface area (Å²) in [7, 11) is 0. The fourth-order valence-electron chi connectivity index (χ4n) is 2.97. The van der Waals surface area contributed by atoms with E-state index in [1.165, 1.54) is 5.56 Å². The number of amides is 1. The minimum absolute atomic E-state index is 0.0393. The van der Waals surface area contributed by atoms with Gasteiger partial charge in [-0.3, -0.25) is 14.7 Å². The van der Waals surface area contributed by atoms with Crippen molar-refractivity contribution in [2.45, 2.75) is 24.8 Å². The Bertz CT molecular complexity index is 1100. The second-order valence-electron chi connectivity index (χ2n) is 6.59. The zero-order chi connectivity index (χ0) is 20.1. The van der Waals surface area contributed by atoms with Crippen LogP contribution in [0.25, 0.3) is 10.2 Å². The van der Waals surface area contributed by atoms with Crippen LogP contribution in [0, 0.1) is 0 Å². The molecule has 4 nitrogen and oxygen atoms in total. The number of carbonyl (C=O) groups is 1. The van der Waals surface area contributed by atoms with E-state index in [4.69, 9.17) is 4.98 Å². The van der Waals surface area contributed by atoms with Gasteiger partial charge in [0, 0.05) is 17.3 Å². The standard InChI is InChI=1S/C23H21N3OS2/c1-2-17-10-11-20-21(13-17)29-23(25-20)26(15-18-7-6-12-24-14-18)22(27)16-28-19-8-4-3-5-9-19/h3-14H,2,15-16H2,1H3. The summed E-state index contributed by atoms with van der Waals surface area (Å²) in [6, 6.07) is 20.2. The van der Waals surface area contributed by atoms with E-state index in [-0.39, 0.29) is 5.91 Å². The van der Waals surface area contributed by atoms with Crippen LogP contribution in [0.5, 0.6) is 0 Å². The molecule has 2 aromatic heterocycles. The van der Waals surface area contributed by atoms with E-state index in [9.17, 15) is 4.79 Å².